The number of fused-ring (bicyclic) bond motifs is 1. The van der Waals surface area contributed by atoms with E-state index in [2.05, 4.69) is 15.6 Å². The molecule has 0 unspecified atom stereocenters. The summed E-state index contributed by atoms with van der Waals surface area (Å²) in [5.41, 5.74) is 3.40. The summed E-state index contributed by atoms with van der Waals surface area (Å²) < 4.78 is 0. The first kappa shape index (κ1) is 18.0. The zero-order chi connectivity index (χ0) is 18.5. The van der Waals surface area contributed by atoms with Gasteiger partial charge in [-0.2, -0.15) is 0 Å². The summed E-state index contributed by atoms with van der Waals surface area (Å²) in [6.45, 7) is 2.78. The Bertz CT molecular complexity index is 998. The van der Waals surface area contributed by atoms with E-state index in [1.54, 1.807) is 12.1 Å². The molecular formula is C20H20ClN3O2. The quantitative estimate of drug-likeness (QED) is 0.643. The van der Waals surface area contributed by atoms with Crippen molar-refractivity contribution in [2.45, 2.75) is 19.9 Å². The highest BCUT2D eigenvalue weighted by Crippen LogP contribution is 2.13. The highest BCUT2D eigenvalue weighted by atomic mass is 35.5. The van der Waals surface area contributed by atoms with Crippen LogP contribution in [0.4, 0.5) is 4.79 Å². The molecule has 1 aromatic heterocycles. The van der Waals surface area contributed by atoms with Crippen LogP contribution in [0.15, 0.2) is 53.3 Å². The van der Waals surface area contributed by atoms with Crippen molar-refractivity contribution in [3.05, 3.63) is 80.6 Å². The Morgan fingerprint density at radius 1 is 1.12 bits per heavy atom. The summed E-state index contributed by atoms with van der Waals surface area (Å²) in [7, 11) is 0. The van der Waals surface area contributed by atoms with Gasteiger partial charge in [-0.15, -0.1) is 0 Å². The molecule has 0 aliphatic rings. The van der Waals surface area contributed by atoms with Crippen molar-refractivity contribution in [1.29, 1.82) is 0 Å². The van der Waals surface area contributed by atoms with Crippen LogP contribution in [-0.4, -0.2) is 17.6 Å². The van der Waals surface area contributed by atoms with Gasteiger partial charge in [0.2, 0.25) is 0 Å². The average molecular weight is 370 g/mol. The number of aromatic nitrogens is 1. The van der Waals surface area contributed by atoms with Crippen LogP contribution in [-0.2, 0) is 13.0 Å². The van der Waals surface area contributed by atoms with Gasteiger partial charge in [0.15, 0.2) is 0 Å². The average Bonchev–Trinajstić information content (AvgIpc) is 2.61. The molecular weight excluding hydrogens is 350 g/mol. The molecule has 2 amide bonds. The number of urea groups is 1. The number of H-pyrrole nitrogens is 1. The van der Waals surface area contributed by atoms with E-state index >= 15 is 0 Å². The molecule has 0 saturated heterocycles. The predicted molar refractivity (Wildman–Crippen MR) is 105 cm³/mol. The first-order valence-electron chi connectivity index (χ1n) is 8.40. The first-order valence-corrected chi connectivity index (χ1v) is 8.78. The van der Waals surface area contributed by atoms with Crippen LogP contribution in [0.2, 0.25) is 5.02 Å². The molecule has 2 aromatic carbocycles. The lowest BCUT2D eigenvalue weighted by Gasteiger charge is -2.08. The SMILES string of the molecule is Cc1ccc2[nH]c(=O)c(CCNC(=O)NCc3cccc(Cl)c3)cc2c1. The van der Waals surface area contributed by atoms with Crippen LogP contribution in [0.1, 0.15) is 16.7 Å². The third kappa shape index (κ3) is 4.64. The standard InChI is InChI=1S/C20H20ClN3O2/c1-13-5-6-18-16(9-13)11-15(19(25)24-18)7-8-22-20(26)23-12-14-3-2-4-17(21)10-14/h2-6,9-11H,7-8,12H2,1H3,(H,24,25)(H2,22,23,26). The molecule has 0 fully saturated rings. The number of halogens is 1. The van der Waals surface area contributed by atoms with Gasteiger partial charge < -0.3 is 15.6 Å². The summed E-state index contributed by atoms with van der Waals surface area (Å²) in [4.78, 5) is 26.9. The summed E-state index contributed by atoms with van der Waals surface area (Å²) >= 11 is 5.92. The minimum Gasteiger partial charge on any atom is -0.338 e. The largest absolute Gasteiger partial charge is 0.338 e. The Morgan fingerprint density at radius 3 is 2.77 bits per heavy atom. The third-order valence-electron chi connectivity index (χ3n) is 4.10. The molecule has 134 valence electrons. The highest BCUT2D eigenvalue weighted by Gasteiger charge is 2.05. The van der Waals surface area contributed by atoms with Gasteiger partial charge in [0, 0.05) is 29.2 Å². The number of pyridine rings is 1. The molecule has 0 spiro atoms. The molecule has 0 radical (unpaired) electrons. The van der Waals surface area contributed by atoms with Gasteiger partial charge in [0.25, 0.3) is 5.56 Å². The van der Waals surface area contributed by atoms with Crippen molar-refractivity contribution >= 4 is 28.5 Å². The van der Waals surface area contributed by atoms with Gasteiger partial charge in [-0.1, -0.05) is 35.4 Å². The maximum atomic E-state index is 12.1. The van der Waals surface area contributed by atoms with Crippen molar-refractivity contribution in [1.82, 2.24) is 15.6 Å². The van der Waals surface area contributed by atoms with E-state index in [9.17, 15) is 9.59 Å². The van der Waals surface area contributed by atoms with E-state index < -0.39 is 0 Å². The summed E-state index contributed by atoms with van der Waals surface area (Å²) in [6, 6.07) is 14.8. The Hall–Kier alpha value is -2.79. The van der Waals surface area contributed by atoms with Crippen molar-refractivity contribution in [3.63, 3.8) is 0 Å². The van der Waals surface area contributed by atoms with Gasteiger partial charge in [-0.05, 0) is 54.6 Å². The van der Waals surface area contributed by atoms with E-state index in [1.165, 1.54) is 0 Å². The smallest absolute Gasteiger partial charge is 0.315 e. The van der Waals surface area contributed by atoms with Crippen molar-refractivity contribution in [2.24, 2.45) is 0 Å². The van der Waals surface area contributed by atoms with Crippen LogP contribution in [0.5, 0.6) is 0 Å². The van der Waals surface area contributed by atoms with Crippen LogP contribution in [0.3, 0.4) is 0 Å². The zero-order valence-corrected chi connectivity index (χ0v) is 15.2. The minimum absolute atomic E-state index is 0.123. The summed E-state index contributed by atoms with van der Waals surface area (Å²) in [5, 5.41) is 7.16. The number of carbonyl (C=O) groups excluding carboxylic acids is 1. The van der Waals surface area contributed by atoms with Gasteiger partial charge in [0.1, 0.15) is 0 Å². The number of aromatic amines is 1. The fraction of sp³-hybridized carbons (Fsp3) is 0.200. The second-order valence-corrected chi connectivity index (χ2v) is 6.64. The first-order chi connectivity index (χ1) is 12.5. The fourth-order valence-corrected chi connectivity index (χ4v) is 2.97. The molecule has 3 N–H and O–H groups in total. The Kier molecular flexibility index (Phi) is 5.58. The molecule has 0 saturated carbocycles. The van der Waals surface area contributed by atoms with Crippen LogP contribution < -0.4 is 16.2 Å². The van der Waals surface area contributed by atoms with Crippen LogP contribution in [0.25, 0.3) is 10.9 Å². The second kappa shape index (κ2) is 8.06. The number of carbonyl (C=O) groups is 1. The van der Waals surface area contributed by atoms with E-state index in [-0.39, 0.29) is 11.6 Å². The summed E-state index contributed by atoms with van der Waals surface area (Å²) in [5.74, 6) is 0. The second-order valence-electron chi connectivity index (χ2n) is 6.20. The van der Waals surface area contributed by atoms with E-state index in [4.69, 9.17) is 11.6 Å². The lowest BCUT2D eigenvalue weighted by molar-refractivity contribution is 0.240. The molecule has 3 aromatic rings. The fourth-order valence-electron chi connectivity index (χ4n) is 2.76. The van der Waals surface area contributed by atoms with Gasteiger partial charge in [-0.3, -0.25) is 4.79 Å². The van der Waals surface area contributed by atoms with Crippen LogP contribution >= 0.6 is 11.6 Å². The summed E-state index contributed by atoms with van der Waals surface area (Å²) in [6.07, 6.45) is 0.462. The molecule has 26 heavy (non-hydrogen) atoms. The predicted octanol–water partition coefficient (Wildman–Crippen LogP) is 3.53. The maximum Gasteiger partial charge on any atom is 0.315 e. The van der Waals surface area contributed by atoms with Crippen LogP contribution in [0, 0.1) is 6.92 Å². The molecule has 1 heterocycles. The lowest BCUT2D eigenvalue weighted by atomic mass is 10.1. The number of rotatable bonds is 5. The number of aryl methyl sites for hydroxylation is 1. The van der Waals surface area contributed by atoms with E-state index in [1.807, 2.05) is 43.3 Å². The lowest BCUT2D eigenvalue weighted by Crippen LogP contribution is -2.36. The molecule has 0 aliphatic heterocycles. The minimum atomic E-state index is -0.280. The molecule has 0 atom stereocenters. The Balaban J connectivity index is 1.54. The van der Waals surface area contributed by atoms with Gasteiger partial charge in [-0.25, -0.2) is 4.79 Å². The van der Waals surface area contributed by atoms with Crippen molar-refractivity contribution in [2.75, 3.05) is 6.54 Å². The number of nitrogens with one attached hydrogen (secondary N) is 3. The number of amides is 2. The number of hydrogen-bond donors (Lipinski definition) is 3. The van der Waals surface area contributed by atoms with Gasteiger partial charge >= 0.3 is 6.03 Å². The van der Waals surface area contributed by atoms with E-state index in [0.717, 1.165) is 22.0 Å². The van der Waals surface area contributed by atoms with E-state index in [0.29, 0.717) is 30.1 Å². The number of hydrogen-bond acceptors (Lipinski definition) is 2. The molecule has 5 nitrogen and oxygen atoms in total. The topological polar surface area (TPSA) is 74.0 Å². The zero-order valence-electron chi connectivity index (χ0n) is 14.4. The molecule has 3 rings (SSSR count). The third-order valence-corrected chi connectivity index (χ3v) is 4.33. The monoisotopic (exact) mass is 369 g/mol. The van der Waals surface area contributed by atoms with Crippen molar-refractivity contribution < 1.29 is 4.79 Å². The Morgan fingerprint density at radius 2 is 1.96 bits per heavy atom. The number of benzene rings is 2. The van der Waals surface area contributed by atoms with Crippen molar-refractivity contribution in [3.8, 4) is 0 Å². The maximum absolute atomic E-state index is 12.1. The highest BCUT2D eigenvalue weighted by molar-refractivity contribution is 6.30. The molecule has 6 heteroatoms. The molecule has 0 bridgehead atoms. The Labute approximate surface area is 156 Å². The normalized spacial score (nSPS) is 10.7. The van der Waals surface area contributed by atoms with Gasteiger partial charge in [0.05, 0.1) is 0 Å². The molecule has 0 aliphatic carbocycles.